The Morgan fingerprint density at radius 3 is 2.47 bits per heavy atom. The molecule has 0 bridgehead atoms. The van der Waals surface area contributed by atoms with Gasteiger partial charge in [0.2, 0.25) is 0 Å². The molecule has 14 heteroatoms. The van der Waals surface area contributed by atoms with Gasteiger partial charge in [-0.05, 0) is 56.0 Å². The van der Waals surface area contributed by atoms with Gasteiger partial charge in [-0.3, -0.25) is 0 Å². The predicted molar refractivity (Wildman–Crippen MR) is 121 cm³/mol. The van der Waals surface area contributed by atoms with E-state index in [4.69, 9.17) is 0 Å². The number of allylic oxidation sites excluding steroid dienone is 1. The second kappa shape index (κ2) is 9.89. The SMILES string of the molecule is O=S(O)C1=CC(NS(=O)(=O)N2CCCC2)CCC1(c1cccc(C(F)(F)F)n1)c1cc(F)ccc1F. The third-order valence-corrected chi connectivity index (χ3v) is 8.87. The second-order valence-corrected chi connectivity index (χ2v) is 11.2. The lowest BCUT2D eigenvalue weighted by atomic mass is 9.69. The molecule has 2 heterocycles. The molecule has 0 amide bonds. The molecule has 0 radical (unpaired) electrons. The largest absolute Gasteiger partial charge is 0.433 e. The summed E-state index contributed by atoms with van der Waals surface area (Å²) >= 11 is -2.91. The molecule has 1 aliphatic carbocycles. The number of aromatic nitrogens is 1. The van der Waals surface area contributed by atoms with E-state index in [0.717, 1.165) is 36.4 Å². The van der Waals surface area contributed by atoms with Crippen molar-refractivity contribution in [2.75, 3.05) is 13.1 Å². The second-order valence-electron chi connectivity index (χ2n) is 8.59. The summed E-state index contributed by atoms with van der Waals surface area (Å²) in [6.45, 7) is 0.605. The van der Waals surface area contributed by atoms with E-state index in [-0.39, 0.29) is 12.8 Å². The zero-order chi connectivity index (χ0) is 26.3. The molecule has 2 N–H and O–H groups in total. The zero-order valence-electron chi connectivity index (χ0n) is 18.6. The van der Waals surface area contributed by atoms with Crippen molar-refractivity contribution in [3.8, 4) is 0 Å². The van der Waals surface area contributed by atoms with Gasteiger partial charge < -0.3 is 4.55 Å². The molecule has 2 aromatic rings. The summed E-state index contributed by atoms with van der Waals surface area (Å²) in [6, 6.07) is 4.14. The molecule has 1 aromatic carbocycles. The highest BCUT2D eigenvalue weighted by Crippen LogP contribution is 2.48. The lowest BCUT2D eigenvalue weighted by Gasteiger charge is -2.40. The standard InChI is InChI=1S/C22H22F5N3O4S2/c23-14-6-7-17(24)16(12-14)21(18-4-3-5-19(28-18)22(25,26)27)9-8-15(13-20(21)35(31)32)29-36(33,34)30-10-1-2-11-30/h3-7,12-13,15,29H,1-2,8-11H2,(H,31,32). The number of nitrogens with zero attached hydrogens (tertiary/aromatic N) is 2. The molecule has 3 unspecified atom stereocenters. The quantitative estimate of drug-likeness (QED) is 0.420. The monoisotopic (exact) mass is 551 g/mol. The van der Waals surface area contributed by atoms with Gasteiger partial charge in [0.05, 0.1) is 16.0 Å². The Kier molecular flexibility index (Phi) is 7.36. The van der Waals surface area contributed by atoms with Gasteiger partial charge in [0, 0.05) is 24.7 Å². The highest BCUT2D eigenvalue weighted by molar-refractivity contribution is 7.87. The number of alkyl halides is 3. The summed E-state index contributed by atoms with van der Waals surface area (Å²) in [7, 11) is -3.96. The molecule has 1 saturated heterocycles. The van der Waals surface area contributed by atoms with Crippen LogP contribution < -0.4 is 4.72 Å². The molecule has 36 heavy (non-hydrogen) atoms. The van der Waals surface area contributed by atoms with Gasteiger partial charge >= 0.3 is 6.18 Å². The van der Waals surface area contributed by atoms with Crippen molar-refractivity contribution in [1.29, 1.82) is 0 Å². The Bertz CT molecular complexity index is 1310. The maximum atomic E-state index is 15.1. The van der Waals surface area contributed by atoms with Crippen LogP contribution in [0.3, 0.4) is 0 Å². The van der Waals surface area contributed by atoms with Crippen molar-refractivity contribution in [3.05, 3.63) is 76.0 Å². The van der Waals surface area contributed by atoms with E-state index in [1.54, 1.807) is 0 Å². The Balaban J connectivity index is 1.89. The average Bonchev–Trinajstić information content (AvgIpc) is 3.36. The van der Waals surface area contributed by atoms with Crippen molar-refractivity contribution in [3.63, 3.8) is 0 Å². The molecule has 0 saturated carbocycles. The normalized spacial score (nSPS) is 24.5. The molecule has 3 atom stereocenters. The van der Waals surface area contributed by atoms with E-state index in [9.17, 15) is 34.7 Å². The Labute approximate surface area is 206 Å². The molecule has 1 aromatic heterocycles. The van der Waals surface area contributed by atoms with E-state index < -0.39 is 72.4 Å². The number of hydrogen-bond donors (Lipinski definition) is 2. The Hall–Kier alpha value is -2.26. The number of nitrogens with one attached hydrogen (secondary N) is 1. The van der Waals surface area contributed by atoms with Gasteiger partial charge in [0.25, 0.3) is 10.2 Å². The average molecular weight is 552 g/mol. The van der Waals surface area contributed by atoms with Crippen LogP contribution >= 0.6 is 0 Å². The number of pyridine rings is 1. The Morgan fingerprint density at radius 1 is 1.14 bits per heavy atom. The van der Waals surface area contributed by atoms with Crippen LogP contribution in [0.15, 0.2) is 47.4 Å². The van der Waals surface area contributed by atoms with Crippen LogP contribution in [0.5, 0.6) is 0 Å². The van der Waals surface area contributed by atoms with Crippen molar-refractivity contribution in [1.82, 2.24) is 14.0 Å². The van der Waals surface area contributed by atoms with E-state index in [1.165, 1.54) is 4.31 Å². The minimum absolute atomic E-state index is 0.0956. The van der Waals surface area contributed by atoms with Crippen LogP contribution in [0.25, 0.3) is 0 Å². The molecule has 196 valence electrons. The molecule has 1 aliphatic heterocycles. The van der Waals surface area contributed by atoms with Crippen molar-refractivity contribution in [2.45, 2.75) is 43.3 Å². The van der Waals surface area contributed by atoms with Gasteiger partial charge in [-0.15, -0.1) is 0 Å². The smallest absolute Gasteiger partial charge is 0.302 e. The van der Waals surface area contributed by atoms with E-state index in [0.29, 0.717) is 32.0 Å². The van der Waals surface area contributed by atoms with Crippen LogP contribution in [0.4, 0.5) is 22.0 Å². The maximum Gasteiger partial charge on any atom is 0.433 e. The van der Waals surface area contributed by atoms with Crippen LogP contribution in [0.1, 0.15) is 42.6 Å². The highest BCUT2D eigenvalue weighted by Gasteiger charge is 2.48. The van der Waals surface area contributed by atoms with Crippen LogP contribution in [-0.2, 0) is 32.9 Å². The van der Waals surface area contributed by atoms with Gasteiger partial charge in [-0.2, -0.15) is 30.6 Å². The lowest BCUT2D eigenvalue weighted by molar-refractivity contribution is -0.141. The fourth-order valence-corrected chi connectivity index (χ4v) is 7.06. The summed E-state index contributed by atoms with van der Waals surface area (Å²) in [5.74, 6) is -1.94. The van der Waals surface area contributed by atoms with Crippen LogP contribution in [0, 0.1) is 11.6 Å². The first-order valence-electron chi connectivity index (χ1n) is 11.0. The number of halogens is 5. The third kappa shape index (κ3) is 5.09. The number of hydrogen-bond acceptors (Lipinski definition) is 4. The highest BCUT2D eigenvalue weighted by atomic mass is 32.2. The molecular formula is C22H22F5N3O4S2. The van der Waals surface area contributed by atoms with E-state index in [1.807, 2.05) is 0 Å². The molecule has 0 spiro atoms. The zero-order valence-corrected chi connectivity index (χ0v) is 20.3. The Morgan fingerprint density at radius 2 is 1.83 bits per heavy atom. The first kappa shape index (κ1) is 26.8. The minimum Gasteiger partial charge on any atom is -0.302 e. The van der Waals surface area contributed by atoms with E-state index >= 15 is 4.39 Å². The molecule has 1 fully saturated rings. The number of rotatable bonds is 6. The summed E-state index contributed by atoms with van der Waals surface area (Å²) in [4.78, 5) is 3.13. The molecular weight excluding hydrogens is 529 g/mol. The van der Waals surface area contributed by atoms with E-state index in [2.05, 4.69) is 9.71 Å². The molecule has 7 nitrogen and oxygen atoms in total. The summed E-state index contributed by atoms with van der Waals surface area (Å²) in [5.41, 5.74) is -4.29. The third-order valence-electron chi connectivity index (χ3n) is 6.36. The molecule has 4 rings (SSSR count). The van der Waals surface area contributed by atoms with Gasteiger partial charge in [0.15, 0.2) is 11.1 Å². The fourth-order valence-electron chi connectivity index (χ4n) is 4.71. The van der Waals surface area contributed by atoms with Crippen molar-refractivity contribution in [2.24, 2.45) is 0 Å². The number of benzene rings is 1. The van der Waals surface area contributed by atoms with Gasteiger partial charge in [0.1, 0.15) is 17.3 Å². The van der Waals surface area contributed by atoms with Gasteiger partial charge in [-0.1, -0.05) is 12.1 Å². The summed E-state index contributed by atoms with van der Waals surface area (Å²) in [6.07, 6.45) is -2.86. The predicted octanol–water partition coefficient (Wildman–Crippen LogP) is 3.86. The van der Waals surface area contributed by atoms with Crippen molar-refractivity contribution < 1.29 is 39.1 Å². The van der Waals surface area contributed by atoms with Crippen molar-refractivity contribution >= 4 is 21.3 Å². The van der Waals surface area contributed by atoms with Crippen LogP contribution in [-0.4, -0.2) is 45.6 Å². The summed E-state index contributed by atoms with van der Waals surface area (Å²) in [5, 5.41) is 0. The van der Waals surface area contributed by atoms with Crippen LogP contribution in [0.2, 0.25) is 0 Å². The first-order valence-corrected chi connectivity index (χ1v) is 13.5. The fraction of sp³-hybridized carbons (Fsp3) is 0.409. The minimum atomic E-state index is -4.87. The summed E-state index contributed by atoms with van der Waals surface area (Å²) < 4.78 is 122. The lowest BCUT2D eigenvalue weighted by Crippen LogP contribution is -2.47. The first-order chi connectivity index (χ1) is 16.8. The molecule has 2 aliphatic rings. The maximum absolute atomic E-state index is 15.1. The topological polar surface area (TPSA) is 99.6 Å². The van der Waals surface area contributed by atoms with Gasteiger partial charge in [-0.25, -0.2) is 18.0 Å².